The Bertz CT molecular complexity index is 1270. The van der Waals surface area contributed by atoms with Gasteiger partial charge in [-0.15, -0.1) is 0 Å². The molecular weight excluding hydrogens is 472 g/mol. The van der Waals surface area contributed by atoms with Gasteiger partial charge in [0, 0.05) is 17.6 Å². The zero-order chi connectivity index (χ0) is 26.8. The van der Waals surface area contributed by atoms with Gasteiger partial charge in [0.2, 0.25) is 0 Å². The van der Waals surface area contributed by atoms with Gasteiger partial charge in [0.25, 0.3) is 0 Å². The Balaban J connectivity index is 1.49. The van der Waals surface area contributed by atoms with Crippen molar-refractivity contribution in [1.29, 1.82) is 0 Å². The van der Waals surface area contributed by atoms with Gasteiger partial charge in [-0.2, -0.15) is 0 Å². The van der Waals surface area contributed by atoms with Crippen LogP contribution in [0.2, 0.25) is 0 Å². The molecule has 0 aromatic heterocycles. The average Bonchev–Trinajstić information content (AvgIpc) is 2.89. The number of carbonyl (C=O) groups excluding carboxylic acids is 3. The first-order valence-corrected chi connectivity index (χ1v) is 11.6. The predicted molar refractivity (Wildman–Crippen MR) is 140 cm³/mol. The molecular formula is C30H28O7. The minimum Gasteiger partial charge on any atom is -0.493 e. The molecule has 7 heteroatoms. The maximum absolute atomic E-state index is 12.5. The van der Waals surface area contributed by atoms with E-state index in [4.69, 9.17) is 18.9 Å². The van der Waals surface area contributed by atoms with Crippen molar-refractivity contribution in [2.45, 2.75) is 20.3 Å². The fourth-order valence-corrected chi connectivity index (χ4v) is 3.02. The van der Waals surface area contributed by atoms with E-state index in [2.05, 4.69) is 13.2 Å². The molecule has 0 spiro atoms. The number of hydrogen-bond donors (Lipinski definition) is 0. The highest BCUT2D eigenvalue weighted by Crippen LogP contribution is 2.24. The average molecular weight is 501 g/mol. The first kappa shape index (κ1) is 26.9. The summed E-state index contributed by atoms with van der Waals surface area (Å²) < 4.78 is 21.3. The third kappa shape index (κ3) is 8.21. The van der Waals surface area contributed by atoms with Crippen molar-refractivity contribution in [1.82, 2.24) is 0 Å². The maximum Gasteiger partial charge on any atom is 0.343 e. The Hall–Kier alpha value is -4.65. The number of benzene rings is 3. The molecule has 190 valence electrons. The third-order valence-electron chi connectivity index (χ3n) is 5.04. The fourth-order valence-electron chi connectivity index (χ4n) is 3.02. The van der Waals surface area contributed by atoms with E-state index in [1.54, 1.807) is 62.4 Å². The van der Waals surface area contributed by atoms with Crippen LogP contribution in [0.4, 0.5) is 0 Å². The van der Waals surface area contributed by atoms with Gasteiger partial charge in [0.05, 0.1) is 18.8 Å². The van der Waals surface area contributed by atoms with Crippen molar-refractivity contribution in [2.75, 3.05) is 13.2 Å². The molecule has 0 N–H and O–H groups in total. The van der Waals surface area contributed by atoms with Gasteiger partial charge in [-0.3, -0.25) is 0 Å². The lowest BCUT2D eigenvalue weighted by Gasteiger charge is -2.09. The Labute approximate surface area is 215 Å². The van der Waals surface area contributed by atoms with Gasteiger partial charge in [-0.1, -0.05) is 37.4 Å². The molecule has 3 rings (SSSR count). The number of rotatable bonds is 11. The van der Waals surface area contributed by atoms with E-state index in [-0.39, 0.29) is 6.61 Å². The third-order valence-corrected chi connectivity index (χ3v) is 5.04. The van der Waals surface area contributed by atoms with Gasteiger partial charge in [0.15, 0.2) is 0 Å². The van der Waals surface area contributed by atoms with Crippen molar-refractivity contribution in [2.24, 2.45) is 0 Å². The molecule has 0 aliphatic carbocycles. The molecule has 0 aliphatic rings. The van der Waals surface area contributed by atoms with E-state index < -0.39 is 17.9 Å². The standard InChI is InChI=1S/C30H28O7/c1-20(2)28(31)35-19-5-18-34-25-14-16-27(17-15-25)37-30(33)24-8-6-22(7-9-24)23-10-12-26(13-11-23)36-29(32)21(3)4/h6-17H,1,3,5,18-19H2,2,4H3. The van der Waals surface area contributed by atoms with E-state index >= 15 is 0 Å². The first-order chi connectivity index (χ1) is 17.7. The predicted octanol–water partition coefficient (Wildman–Crippen LogP) is 5.94. The highest BCUT2D eigenvalue weighted by molar-refractivity contribution is 5.92. The largest absolute Gasteiger partial charge is 0.493 e. The van der Waals surface area contributed by atoms with Gasteiger partial charge in [-0.25, -0.2) is 14.4 Å². The van der Waals surface area contributed by atoms with Crippen LogP contribution < -0.4 is 14.2 Å². The zero-order valence-corrected chi connectivity index (χ0v) is 20.8. The minimum atomic E-state index is -0.485. The molecule has 37 heavy (non-hydrogen) atoms. The summed E-state index contributed by atoms with van der Waals surface area (Å²) >= 11 is 0. The lowest BCUT2D eigenvalue weighted by Crippen LogP contribution is -2.09. The molecule has 0 saturated heterocycles. The second kappa shape index (κ2) is 12.9. The molecule has 0 amide bonds. The smallest absolute Gasteiger partial charge is 0.343 e. The van der Waals surface area contributed by atoms with Crippen LogP contribution in [0.25, 0.3) is 11.1 Å². The van der Waals surface area contributed by atoms with Crippen LogP contribution in [0.1, 0.15) is 30.6 Å². The summed E-state index contributed by atoms with van der Waals surface area (Å²) in [6, 6.07) is 20.7. The number of hydrogen-bond acceptors (Lipinski definition) is 7. The van der Waals surface area contributed by atoms with Gasteiger partial charge >= 0.3 is 17.9 Å². The molecule has 0 atom stereocenters. The Morgan fingerprint density at radius 2 is 1.11 bits per heavy atom. The van der Waals surface area contributed by atoms with Crippen LogP contribution in [0.5, 0.6) is 17.2 Å². The molecule has 0 bridgehead atoms. The van der Waals surface area contributed by atoms with E-state index in [0.29, 0.717) is 47.0 Å². The molecule has 0 heterocycles. The lowest BCUT2D eigenvalue weighted by molar-refractivity contribution is -0.139. The zero-order valence-electron chi connectivity index (χ0n) is 20.8. The molecule has 7 nitrogen and oxygen atoms in total. The van der Waals surface area contributed by atoms with Crippen molar-refractivity contribution >= 4 is 17.9 Å². The Morgan fingerprint density at radius 1 is 0.622 bits per heavy atom. The van der Waals surface area contributed by atoms with Gasteiger partial charge in [-0.05, 0) is 73.5 Å². The van der Waals surface area contributed by atoms with Crippen LogP contribution in [-0.4, -0.2) is 31.1 Å². The molecule has 3 aromatic carbocycles. The lowest BCUT2D eigenvalue weighted by atomic mass is 10.0. The number of carbonyl (C=O) groups is 3. The topological polar surface area (TPSA) is 88.1 Å². The molecule has 3 aromatic rings. The highest BCUT2D eigenvalue weighted by Gasteiger charge is 2.10. The molecule has 0 aliphatic heterocycles. The summed E-state index contributed by atoms with van der Waals surface area (Å²) in [4.78, 5) is 35.5. The quantitative estimate of drug-likeness (QED) is 0.139. The van der Waals surface area contributed by atoms with Gasteiger partial charge in [0.1, 0.15) is 17.2 Å². The van der Waals surface area contributed by atoms with Crippen LogP contribution in [0.3, 0.4) is 0 Å². The molecule has 0 fully saturated rings. The highest BCUT2D eigenvalue weighted by atomic mass is 16.5. The monoisotopic (exact) mass is 500 g/mol. The van der Waals surface area contributed by atoms with Gasteiger partial charge < -0.3 is 18.9 Å². The normalized spacial score (nSPS) is 10.2. The maximum atomic E-state index is 12.5. The van der Waals surface area contributed by atoms with E-state index in [9.17, 15) is 14.4 Å². The Morgan fingerprint density at radius 3 is 1.68 bits per heavy atom. The number of esters is 3. The fraction of sp³-hybridized carbons (Fsp3) is 0.167. The summed E-state index contributed by atoms with van der Waals surface area (Å²) in [6.45, 7) is 10.9. The van der Waals surface area contributed by atoms with Crippen molar-refractivity contribution in [3.8, 4) is 28.4 Å². The van der Waals surface area contributed by atoms with Crippen molar-refractivity contribution in [3.05, 3.63) is 103 Å². The summed E-state index contributed by atoms with van der Waals surface area (Å²) in [7, 11) is 0. The van der Waals surface area contributed by atoms with Crippen LogP contribution in [-0.2, 0) is 14.3 Å². The number of ether oxygens (including phenoxy) is 4. The summed E-state index contributed by atoms with van der Waals surface area (Å²) in [5.41, 5.74) is 2.88. The van der Waals surface area contributed by atoms with Crippen molar-refractivity contribution < 1.29 is 33.3 Å². The summed E-state index contributed by atoms with van der Waals surface area (Å²) in [5.74, 6) is 0.0430. The molecule has 0 radical (unpaired) electrons. The minimum absolute atomic E-state index is 0.246. The van der Waals surface area contributed by atoms with Crippen LogP contribution in [0, 0.1) is 0 Å². The second-order valence-corrected chi connectivity index (χ2v) is 8.25. The summed E-state index contributed by atoms with van der Waals surface area (Å²) in [5, 5.41) is 0. The van der Waals surface area contributed by atoms with E-state index in [1.807, 2.05) is 24.3 Å². The van der Waals surface area contributed by atoms with E-state index in [1.165, 1.54) is 0 Å². The Kier molecular flexibility index (Phi) is 9.38. The van der Waals surface area contributed by atoms with Crippen molar-refractivity contribution in [3.63, 3.8) is 0 Å². The van der Waals surface area contributed by atoms with Crippen LogP contribution in [0.15, 0.2) is 97.1 Å². The SMILES string of the molecule is C=C(C)C(=O)OCCCOc1ccc(OC(=O)c2ccc(-c3ccc(OC(=O)C(=C)C)cc3)cc2)cc1. The summed E-state index contributed by atoms with van der Waals surface area (Å²) in [6.07, 6.45) is 0.540. The van der Waals surface area contributed by atoms with E-state index in [0.717, 1.165) is 11.1 Å². The second-order valence-electron chi connectivity index (χ2n) is 8.25. The van der Waals surface area contributed by atoms with Crippen LogP contribution >= 0.6 is 0 Å². The molecule has 0 saturated carbocycles. The first-order valence-electron chi connectivity index (χ1n) is 11.6. The molecule has 0 unspecified atom stereocenters.